The van der Waals surface area contributed by atoms with E-state index in [1.165, 1.54) is 32.1 Å². The van der Waals surface area contributed by atoms with Gasteiger partial charge in [-0.1, -0.05) is 0 Å². The average molecular weight is 311 g/mol. The highest BCUT2D eigenvalue weighted by Gasteiger charge is 2.59. The summed E-state index contributed by atoms with van der Waals surface area (Å²) in [4.78, 5) is 10.2. The van der Waals surface area contributed by atoms with Crippen LogP contribution in [0.15, 0.2) is 25.0 Å². The molecule has 0 aromatic carbocycles. The highest BCUT2D eigenvalue weighted by molar-refractivity contribution is 5.14. The molecule has 0 amide bonds. The molecule has 0 saturated heterocycles. The fourth-order valence-electron chi connectivity index (χ4n) is 5.75. The van der Waals surface area contributed by atoms with Crippen LogP contribution >= 0.6 is 0 Å². The summed E-state index contributed by atoms with van der Waals surface area (Å²) >= 11 is 0. The molecule has 120 valence electrons. The number of tetrazole rings is 1. The third kappa shape index (κ3) is 2.17. The number of hydrogen-bond acceptors (Lipinski definition) is 6. The van der Waals surface area contributed by atoms with Crippen molar-refractivity contribution in [3.63, 3.8) is 0 Å². The molecular weight excluding hydrogens is 290 g/mol. The Morgan fingerprint density at radius 1 is 1.09 bits per heavy atom. The second-order valence-electron chi connectivity index (χ2n) is 7.79. The Morgan fingerprint density at radius 2 is 1.87 bits per heavy atom. The first-order valence-electron chi connectivity index (χ1n) is 8.48. The highest BCUT2D eigenvalue weighted by atomic mass is 15.6. The third-order valence-electron chi connectivity index (χ3n) is 6.09. The molecule has 4 fully saturated rings. The van der Waals surface area contributed by atoms with E-state index in [1.807, 2.05) is 17.2 Å². The summed E-state index contributed by atoms with van der Waals surface area (Å²) in [7, 11) is 0. The lowest BCUT2D eigenvalue weighted by molar-refractivity contribution is -0.0854. The van der Waals surface area contributed by atoms with Crippen molar-refractivity contribution in [3.8, 4) is 0 Å². The minimum atomic E-state index is 0.0702. The molecule has 0 aliphatic heterocycles. The molecule has 0 radical (unpaired) electrons. The zero-order valence-electron chi connectivity index (χ0n) is 13.1. The molecule has 23 heavy (non-hydrogen) atoms. The summed E-state index contributed by atoms with van der Waals surface area (Å²) in [6.07, 6.45) is 14.4. The zero-order chi connectivity index (χ0) is 15.3. The number of hydrogen-bond donors (Lipinski definition) is 1. The van der Waals surface area contributed by atoms with Crippen LogP contribution in [-0.2, 0) is 12.1 Å². The van der Waals surface area contributed by atoms with Gasteiger partial charge in [0, 0.05) is 30.0 Å². The Balaban J connectivity index is 1.42. The summed E-state index contributed by atoms with van der Waals surface area (Å²) in [5, 5.41) is 16.5. The number of aromatic nitrogens is 6. The maximum Gasteiger partial charge on any atom is 0.162 e. The quantitative estimate of drug-likeness (QED) is 0.916. The fraction of sp³-hybridized carbons (Fsp3) is 0.688. The van der Waals surface area contributed by atoms with Crippen LogP contribution in [0.25, 0.3) is 0 Å². The van der Waals surface area contributed by atoms with Gasteiger partial charge in [-0.15, -0.1) is 10.2 Å². The SMILES string of the molecule is c1ncc(CNC23CC4CC(C2)CC(n2ncnn2)(C4)C3)cn1. The number of nitrogens with one attached hydrogen (secondary N) is 1. The second kappa shape index (κ2) is 4.80. The number of nitrogens with zero attached hydrogens (tertiary/aromatic N) is 6. The molecule has 2 aromatic rings. The van der Waals surface area contributed by atoms with Crippen LogP contribution in [0.1, 0.15) is 44.1 Å². The maximum atomic E-state index is 4.40. The fourth-order valence-corrected chi connectivity index (χ4v) is 5.75. The lowest BCUT2D eigenvalue weighted by Crippen LogP contribution is -2.65. The molecule has 0 spiro atoms. The van der Waals surface area contributed by atoms with Gasteiger partial charge in [0.15, 0.2) is 6.33 Å². The lowest BCUT2D eigenvalue weighted by Gasteiger charge is -2.61. The smallest absolute Gasteiger partial charge is 0.162 e. The van der Waals surface area contributed by atoms with Gasteiger partial charge in [-0.05, 0) is 55.6 Å². The first kappa shape index (κ1) is 13.5. The van der Waals surface area contributed by atoms with Crippen molar-refractivity contribution in [2.24, 2.45) is 11.8 Å². The van der Waals surface area contributed by atoms with E-state index < -0.39 is 0 Å². The van der Waals surface area contributed by atoms with Crippen LogP contribution in [0.4, 0.5) is 0 Å². The van der Waals surface area contributed by atoms with Gasteiger partial charge in [0.2, 0.25) is 0 Å². The maximum absolute atomic E-state index is 4.40. The monoisotopic (exact) mass is 311 g/mol. The molecule has 4 bridgehead atoms. The van der Waals surface area contributed by atoms with Gasteiger partial charge in [-0.3, -0.25) is 0 Å². The minimum Gasteiger partial charge on any atom is -0.307 e. The second-order valence-corrected chi connectivity index (χ2v) is 7.79. The molecule has 7 nitrogen and oxygen atoms in total. The molecule has 7 heteroatoms. The Bertz CT molecular complexity index is 670. The molecule has 2 unspecified atom stereocenters. The van der Waals surface area contributed by atoms with Crippen molar-refractivity contribution < 1.29 is 0 Å². The van der Waals surface area contributed by atoms with E-state index in [4.69, 9.17) is 0 Å². The molecule has 4 aliphatic rings. The Labute approximate surface area is 134 Å². The summed E-state index contributed by atoms with van der Waals surface area (Å²) in [6.45, 7) is 0.834. The van der Waals surface area contributed by atoms with E-state index in [9.17, 15) is 0 Å². The molecular formula is C16H21N7. The van der Waals surface area contributed by atoms with Gasteiger partial charge in [0.1, 0.15) is 6.33 Å². The molecule has 4 aliphatic carbocycles. The van der Waals surface area contributed by atoms with Crippen molar-refractivity contribution in [2.45, 2.75) is 56.1 Å². The topological polar surface area (TPSA) is 81.4 Å². The van der Waals surface area contributed by atoms with Gasteiger partial charge < -0.3 is 5.32 Å². The summed E-state index contributed by atoms with van der Waals surface area (Å²) in [5.74, 6) is 1.56. The summed E-state index contributed by atoms with van der Waals surface area (Å²) in [5.41, 5.74) is 1.42. The number of rotatable bonds is 4. The molecule has 6 rings (SSSR count). The minimum absolute atomic E-state index is 0.0702. The average Bonchev–Trinajstić information content (AvgIpc) is 3.08. The van der Waals surface area contributed by atoms with Crippen LogP contribution in [0.3, 0.4) is 0 Å². The van der Waals surface area contributed by atoms with Crippen LogP contribution in [0.2, 0.25) is 0 Å². The van der Waals surface area contributed by atoms with Crippen molar-refractivity contribution >= 4 is 0 Å². The van der Waals surface area contributed by atoms with Crippen LogP contribution in [0.5, 0.6) is 0 Å². The highest BCUT2D eigenvalue weighted by Crippen LogP contribution is 2.60. The zero-order valence-corrected chi connectivity index (χ0v) is 13.1. The Kier molecular flexibility index (Phi) is 2.83. The van der Waals surface area contributed by atoms with Crippen molar-refractivity contribution in [1.82, 2.24) is 35.5 Å². The van der Waals surface area contributed by atoms with Crippen LogP contribution in [-0.4, -0.2) is 35.7 Å². The molecule has 2 aromatic heterocycles. The van der Waals surface area contributed by atoms with Crippen molar-refractivity contribution in [1.29, 1.82) is 0 Å². The first-order chi connectivity index (χ1) is 11.3. The largest absolute Gasteiger partial charge is 0.307 e. The molecule has 2 atom stereocenters. The standard InChI is InChI=1S/C16H21N7/c1-12-2-15(19-8-14-6-17-10-18-7-14)3-13(1)5-16(4-12,9-15)23-21-11-20-22-23/h6-7,10-13,19H,1-5,8-9H2. The summed E-state index contributed by atoms with van der Waals surface area (Å²) in [6, 6.07) is 0. The predicted molar refractivity (Wildman–Crippen MR) is 82.1 cm³/mol. The van der Waals surface area contributed by atoms with Crippen molar-refractivity contribution in [3.05, 3.63) is 30.6 Å². The van der Waals surface area contributed by atoms with Crippen LogP contribution < -0.4 is 5.32 Å². The summed E-state index contributed by atoms with van der Waals surface area (Å²) < 4.78 is 0. The van der Waals surface area contributed by atoms with Gasteiger partial charge in [-0.2, -0.15) is 4.80 Å². The van der Waals surface area contributed by atoms with E-state index in [2.05, 4.69) is 30.7 Å². The molecule has 1 N–H and O–H groups in total. The van der Waals surface area contributed by atoms with E-state index >= 15 is 0 Å². The molecule has 4 saturated carbocycles. The Morgan fingerprint density at radius 3 is 2.57 bits per heavy atom. The lowest BCUT2D eigenvalue weighted by atomic mass is 9.50. The van der Waals surface area contributed by atoms with E-state index in [1.54, 1.807) is 12.7 Å². The van der Waals surface area contributed by atoms with Crippen molar-refractivity contribution in [2.75, 3.05) is 0 Å². The predicted octanol–water partition coefficient (Wildman–Crippen LogP) is 1.30. The van der Waals surface area contributed by atoms with E-state index in [-0.39, 0.29) is 11.1 Å². The van der Waals surface area contributed by atoms with E-state index in [0.29, 0.717) is 0 Å². The van der Waals surface area contributed by atoms with Crippen LogP contribution in [0, 0.1) is 11.8 Å². The van der Waals surface area contributed by atoms with Gasteiger partial charge in [-0.25, -0.2) is 9.97 Å². The van der Waals surface area contributed by atoms with Gasteiger partial charge >= 0.3 is 0 Å². The Hall–Kier alpha value is -1.89. The van der Waals surface area contributed by atoms with E-state index in [0.717, 1.165) is 30.4 Å². The van der Waals surface area contributed by atoms with Gasteiger partial charge in [0.05, 0.1) is 5.54 Å². The molecule has 2 heterocycles. The van der Waals surface area contributed by atoms with Gasteiger partial charge in [0.25, 0.3) is 0 Å². The third-order valence-corrected chi connectivity index (χ3v) is 6.09. The normalized spacial score (nSPS) is 38.1. The first-order valence-corrected chi connectivity index (χ1v) is 8.48.